The monoisotopic (exact) mass is 275 g/mol. The Balaban J connectivity index is 2.08. The van der Waals surface area contributed by atoms with E-state index in [1.165, 1.54) is 10.6 Å². The highest BCUT2D eigenvalue weighted by Crippen LogP contribution is 2.14. The van der Waals surface area contributed by atoms with Gasteiger partial charge in [0.05, 0.1) is 14.1 Å². The molecule has 4 heteroatoms. The predicted molar refractivity (Wildman–Crippen MR) is 78.3 cm³/mol. The summed E-state index contributed by atoms with van der Waals surface area (Å²) in [6, 6.07) is 14.6. The van der Waals surface area contributed by atoms with E-state index in [9.17, 15) is 4.79 Å². The second kappa shape index (κ2) is 5.87. The summed E-state index contributed by atoms with van der Waals surface area (Å²) >= 11 is 5.79. The van der Waals surface area contributed by atoms with Gasteiger partial charge in [0, 0.05) is 28.4 Å². The molecular formula is C15H16ClN2O+. The summed E-state index contributed by atoms with van der Waals surface area (Å²) in [6.07, 6.45) is 0. The largest absolute Gasteiger partial charge is 0.322 e. The highest BCUT2D eigenvalue weighted by molar-refractivity contribution is 6.30. The number of carbonyl (C=O) groups excluding carboxylic acids is 1. The van der Waals surface area contributed by atoms with Gasteiger partial charge >= 0.3 is 0 Å². The Morgan fingerprint density at radius 2 is 1.58 bits per heavy atom. The fourth-order valence-corrected chi connectivity index (χ4v) is 1.82. The minimum atomic E-state index is -0.137. The summed E-state index contributed by atoms with van der Waals surface area (Å²) in [5, 5.41) is 3.47. The fourth-order valence-electron chi connectivity index (χ4n) is 1.69. The van der Waals surface area contributed by atoms with Crippen molar-refractivity contribution in [2.45, 2.75) is 0 Å². The molecule has 19 heavy (non-hydrogen) atoms. The molecule has 0 aromatic heterocycles. The van der Waals surface area contributed by atoms with Crippen molar-refractivity contribution in [2.24, 2.45) is 0 Å². The molecule has 0 spiro atoms. The van der Waals surface area contributed by atoms with E-state index in [2.05, 4.69) is 19.4 Å². The Hall–Kier alpha value is -1.84. The van der Waals surface area contributed by atoms with Gasteiger partial charge in [0.25, 0.3) is 5.91 Å². The van der Waals surface area contributed by atoms with E-state index >= 15 is 0 Å². The van der Waals surface area contributed by atoms with Crippen molar-refractivity contribution < 1.29 is 9.69 Å². The Labute approximate surface area is 117 Å². The van der Waals surface area contributed by atoms with E-state index in [1.54, 1.807) is 24.3 Å². The minimum Gasteiger partial charge on any atom is -0.322 e. The zero-order valence-corrected chi connectivity index (χ0v) is 11.7. The van der Waals surface area contributed by atoms with Crippen LogP contribution in [0.3, 0.4) is 0 Å². The molecule has 0 heterocycles. The number of rotatable bonds is 3. The molecule has 3 nitrogen and oxygen atoms in total. The van der Waals surface area contributed by atoms with E-state index in [4.69, 9.17) is 11.6 Å². The van der Waals surface area contributed by atoms with Gasteiger partial charge in [0.15, 0.2) is 0 Å². The van der Waals surface area contributed by atoms with Gasteiger partial charge in [0.2, 0.25) is 0 Å². The molecule has 0 aliphatic heterocycles. The third-order valence-electron chi connectivity index (χ3n) is 2.83. The lowest BCUT2D eigenvalue weighted by Gasteiger charge is -2.08. The second-order valence-electron chi connectivity index (χ2n) is 4.54. The highest BCUT2D eigenvalue weighted by Gasteiger charge is 2.06. The van der Waals surface area contributed by atoms with Crippen LogP contribution in [0, 0.1) is 0 Å². The molecule has 2 aromatic rings. The van der Waals surface area contributed by atoms with E-state index in [0.29, 0.717) is 10.6 Å². The molecule has 0 fully saturated rings. The lowest BCUT2D eigenvalue weighted by Crippen LogP contribution is -3.00. The number of benzene rings is 2. The Bertz CT molecular complexity index is 562. The number of carbonyl (C=O) groups is 1. The quantitative estimate of drug-likeness (QED) is 0.886. The first-order valence-electron chi connectivity index (χ1n) is 6.04. The van der Waals surface area contributed by atoms with Crippen molar-refractivity contribution in [2.75, 3.05) is 19.4 Å². The van der Waals surface area contributed by atoms with E-state index in [-0.39, 0.29) is 5.91 Å². The molecule has 1 amide bonds. The molecule has 2 aromatic carbocycles. The number of hydrogen-bond donors (Lipinski definition) is 2. The van der Waals surface area contributed by atoms with Crippen molar-refractivity contribution in [1.82, 2.24) is 0 Å². The zero-order chi connectivity index (χ0) is 13.8. The average molecular weight is 276 g/mol. The summed E-state index contributed by atoms with van der Waals surface area (Å²) < 4.78 is 0. The van der Waals surface area contributed by atoms with Crippen LogP contribution in [0.5, 0.6) is 0 Å². The lowest BCUT2D eigenvalue weighted by molar-refractivity contribution is -0.786. The molecule has 0 saturated heterocycles. The molecule has 0 atom stereocenters. The first kappa shape index (κ1) is 13.6. The van der Waals surface area contributed by atoms with Crippen LogP contribution in [0.15, 0.2) is 48.5 Å². The van der Waals surface area contributed by atoms with Crippen molar-refractivity contribution in [1.29, 1.82) is 0 Å². The molecule has 0 aliphatic rings. The average Bonchev–Trinajstić information content (AvgIpc) is 2.40. The van der Waals surface area contributed by atoms with Crippen LogP contribution < -0.4 is 10.2 Å². The van der Waals surface area contributed by atoms with Gasteiger partial charge < -0.3 is 10.2 Å². The fraction of sp³-hybridized carbons (Fsp3) is 0.133. The molecule has 0 unspecified atom stereocenters. The maximum atomic E-state index is 12.0. The van der Waals surface area contributed by atoms with Crippen LogP contribution in [0.1, 0.15) is 10.4 Å². The van der Waals surface area contributed by atoms with Crippen molar-refractivity contribution in [3.05, 3.63) is 59.1 Å². The van der Waals surface area contributed by atoms with Gasteiger partial charge in [-0.3, -0.25) is 4.79 Å². The number of anilines is 1. The molecule has 0 saturated carbocycles. The van der Waals surface area contributed by atoms with Gasteiger partial charge in [-0.2, -0.15) is 0 Å². The Kier molecular flexibility index (Phi) is 4.20. The SMILES string of the molecule is C[NH+](C)c1ccc(NC(=O)c2ccc(Cl)cc2)cc1. The minimum absolute atomic E-state index is 0.137. The summed E-state index contributed by atoms with van der Waals surface area (Å²) in [6.45, 7) is 0. The van der Waals surface area contributed by atoms with E-state index < -0.39 is 0 Å². The number of quaternary nitrogens is 1. The predicted octanol–water partition coefficient (Wildman–Crippen LogP) is 2.37. The van der Waals surface area contributed by atoms with Gasteiger partial charge in [-0.25, -0.2) is 0 Å². The normalized spacial score (nSPS) is 10.5. The summed E-state index contributed by atoms with van der Waals surface area (Å²) in [4.78, 5) is 13.2. The molecule has 0 bridgehead atoms. The maximum absolute atomic E-state index is 12.0. The second-order valence-corrected chi connectivity index (χ2v) is 4.97. The molecular weight excluding hydrogens is 260 g/mol. The van der Waals surface area contributed by atoms with Gasteiger partial charge in [-0.1, -0.05) is 11.6 Å². The van der Waals surface area contributed by atoms with E-state index in [0.717, 1.165) is 5.69 Å². The van der Waals surface area contributed by atoms with Crippen LogP contribution in [0.2, 0.25) is 5.02 Å². The number of nitrogens with one attached hydrogen (secondary N) is 2. The van der Waals surface area contributed by atoms with Gasteiger partial charge in [0.1, 0.15) is 5.69 Å². The van der Waals surface area contributed by atoms with Crippen LogP contribution in [0.25, 0.3) is 0 Å². The standard InChI is InChI=1S/C15H15ClN2O/c1-18(2)14-9-7-13(8-10-14)17-15(19)11-3-5-12(16)6-4-11/h3-10H,1-2H3,(H,17,19)/p+1. The van der Waals surface area contributed by atoms with Crippen molar-refractivity contribution in [3.8, 4) is 0 Å². The Morgan fingerprint density at radius 1 is 1.00 bits per heavy atom. The first-order valence-corrected chi connectivity index (χ1v) is 6.41. The van der Waals surface area contributed by atoms with E-state index in [1.807, 2.05) is 24.3 Å². The topological polar surface area (TPSA) is 33.5 Å². The summed E-state index contributed by atoms with van der Waals surface area (Å²) in [5.74, 6) is -0.137. The van der Waals surface area contributed by atoms with Crippen molar-refractivity contribution in [3.63, 3.8) is 0 Å². The summed E-state index contributed by atoms with van der Waals surface area (Å²) in [7, 11) is 4.11. The van der Waals surface area contributed by atoms with Gasteiger partial charge in [-0.05, 0) is 36.4 Å². The number of hydrogen-bond acceptors (Lipinski definition) is 1. The number of halogens is 1. The van der Waals surface area contributed by atoms with Crippen LogP contribution in [0.4, 0.5) is 11.4 Å². The molecule has 2 rings (SSSR count). The van der Waals surface area contributed by atoms with Crippen LogP contribution in [-0.2, 0) is 0 Å². The van der Waals surface area contributed by atoms with Crippen LogP contribution >= 0.6 is 11.6 Å². The zero-order valence-electron chi connectivity index (χ0n) is 10.9. The highest BCUT2D eigenvalue weighted by atomic mass is 35.5. The Morgan fingerprint density at radius 3 is 2.11 bits per heavy atom. The first-order chi connectivity index (χ1) is 9.06. The lowest BCUT2D eigenvalue weighted by atomic mass is 10.2. The summed E-state index contributed by atoms with van der Waals surface area (Å²) in [5.41, 5.74) is 2.54. The molecule has 0 aliphatic carbocycles. The number of amides is 1. The van der Waals surface area contributed by atoms with Crippen molar-refractivity contribution >= 4 is 28.9 Å². The van der Waals surface area contributed by atoms with Crippen LogP contribution in [-0.4, -0.2) is 20.0 Å². The molecule has 0 radical (unpaired) electrons. The third kappa shape index (κ3) is 3.56. The smallest absolute Gasteiger partial charge is 0.255 e. The molecule has 2 N–H and O–H groups in total. The molecule has 98 valence electrons. The third-order valence-corrected chi connectivity index (χ3v) is 3.08. The maximum Gasteiger partial charge on any atom is 0.255 e. The van der Waals surface area contributed by atoms with Gasteiger partial charge in [-0.15, -0.1) is 0 Å².